The van der Waals surface area contributed by atoms with Crippen molar-refractivity contribution in [3.8, 4) is 11.3 Å². The van der Waals surface area contributed by atoms with E-state index in [0.717, 1.165) is 5.69 Å². The molecule has 1 atom stereocenters. The van der Waals surface area contributed by atoms with E-state index in [2.05, 4.69) is 91.4 Å². The molecule has 0 saturated heterocycles. The molecule has 1 aliphatic rings. The summed E-state index contributed by atoms with van der Waals surface area (Å²) < 4.78 is 2.14. The van der Waals surface area contributed by atoms with Gasteiger partial charge in [0.1, 0.15) is 6.17 Å². The molecule has 5 rings (SSSR count). The van der Waals surface area contributed by atoms with Crippen LogP contribution in [0.1, 0.15) is 28.6 Å². The smallest absolute Gasteiger partial charge is 0.147 e. The minimum atomic E-state index is -0.0151. The Hall–Kier alpha value is -3.07. The summed E-state index contributed by atoms with van der Waals surface area (Å²) in [7, 11) is 0. The van der Waals surface area contributed by atoms with E-state index in [0.29, 0.717) is 0 Å². The Morgan fingerprint density at radius 2 is 1.73 bits per heavy atom. The van der Waals surface area contributed by atoms with Crippen LogP contribution in [-0.4, -0.2) is 9.78 Å². The minimum absolute atomic E-state index is 0.0151. The fourth-order valence-electron chi connectivity index (χ4n) is 4.17. The van der Waals surface area contributed by atoms with E-state index in [-0.39, 0.29) is 6.17 Å². The molecule has 4 aromatic rings. The molecular formula is C23H21N3. The summed E-state index contributed by atoms with van der Waals surface area (Å²) in [5.41, 5.74) is 8.46. The monoisotopic (exact) mass is 339 g/mol. The van der Waals surface area contributed by atoms with Crippen molar-refractivity contribution in [2.45, 2.75) is 26.9 Å². The quantitative estimate of drug-likeness (QED) is 0.489. The molecule has 3 aromatic carbocycles. The minimum Gasteiger partial charge on any atom is -0.359 e. The molecule has 3 heteroatoms. The van der Waals surface area contributed by atoms with Crippen LogP contribution in [0.4, 0.5) is 5.69 Å². The lowest BCUT2D eigenvalue weighted by Gasteiger charge is -2.31. The Kier molecular flexibility index (Phi) is 3.20. The standard InChI is InChI=1S/C23H21N3/c1-14-11-15(2)22-20(12-14)21-13-16(3)25-26(21)23(24-22)19-10-6-8-17-7-4-5-9-18(17)19/h4-13,23-24H,1-3H3. The third-order valence-electron chi connectivity index (χ3n) is 5.26. The lowest BCUT2D eigenvalue weighted by molar-refractivity contribution is 0.574. The number of anilines is 1. The second-order valence-corrected chi connectivity index (χ2v) is 7.24. The largest absolute Gasteiger partial charge is 0.359 e. The van der Waals surface area contributed by atoms with Crippen LogP contribution in [0, 0.1) is 20.8 Å². The number of fused-ring (bicyclic) bond motifs is 4. The number of hydrogen-bond donors (Lipinski definition) is 1. The number of rotatable bonds is 1. The van der Waals surface area contributed by atoms with Gasteiger partial charge >= 0.3 is 0 Å². The van der Waals surface area contributed by atoms with Crippen LogP contribution >= 0.6 is 0 Å². The maximum absolute atomic E-state index is 4.83. The Morgan fingerprint density at radius 1 is 0.923 bits per heavy atom. The van der Waals surface area contributed by atoms with Gasteiger partial charge in [0.2, 0.25) is 0 Å². The van der Waals surface area contributed by atoms with Crippen molar-refractivity contribution in [1.82, 2.24) is 9.78 Å². The zero-order valence-corrected chi connectivity index (χ0v) is 15.2. The van der Waals surface area contributed by atoms with Gasteiger partial charge in [0.15, 0.2) is 0 Å². The Bertz CT molecular complexity index is 1150. The summed E-state index contributed by atoms with van der Waals surface area (Å²) in [5, 5.41) is 11.1. The summed E-state index contributed by atoms with van der Waals surface area (Å²) in [4.78, 5) is 0. The summed E-state index contributed by atoms with van der Waals surface area (Å²) in [6, 6.07) is 21.7. The SMILES string of the molecule is Cc1cc(C)c2c(c1)-c1cc(C)nn1C(c1cccc3ccccc13)N2. The van der Waals surface area contributed by atoms with Crippen LogP contribution in [0.25, 0.3) is 22.0 Å². The molecule has 1 N–H and O–H groups in total. The second kappa shape index (κ2) is 5.46. The zero-order valence-electron chi connectivity index (χ0n) is 15.2. The average Bonchev–Trinajstić information content (AvgIpc) is 3.03. The number of hydrogen-bond acceptors (Lipinski definition) is 2. The highest BCUT2D eigenvalue weighted by molar-refractivity contribution is 5.88. The summed E-state index contributed by atoms with van der Waals surface area (Å²) in [5.74, 6) is 0. The first-order valence-corrected chi connectivity index (χ1v) is 9.04. The van der Waals surface area contributed by atoms with Crippen molar-refractivity contribution < 1.29 is 0 Å². The van der Waals surface area contributed by atoms with Crippen molar-refractivity contribution in [2.75, 3.05) is 5.32 Å². The second-order valence-electron chi connectivity index (χ2n) is 7.24. The highest BCUT2D eigenvalue weighted by atomic mass is 15.4. The molecule has 0 bridgehead atoms. The molecule has 1 aromatic heterocycles. The van der Waals surface area contributed by atoms with Crippen LogP contribution in [0.3, 0.4) is 0 Å². The first-order valence-electron chi connectivity index (χ1n) is 9.04. The van der Waals surface area contributed by atoms with Gasteiger partial charge in [-0.05, 0) is 49.2 Å². The predicted molar refractivity (Wildman–Crippen MR) is 108 cm³/mol. The van der Waals surface area contributed by atoms with Gasteiger partial charge in [0, 0.05) is 16.8 Å². The molecular weight excluding hydrogens is 318 g/mol. The van der Waals surface area contributed by atoms with Gasteiger partial charge in [-0.3, -0.25) is 0 Å². The first-order chi connectivity index (χ1) is 12.6. The fraction of sp³-hybridized carbons (Fsp3) is 0.174. The van der Waals surface area contributed by atoms with Crippen LogP contribution in [0.15, 0.2) is 60.7 Å². The van der Waals surface area contributed by atoms with Crippen molar-refractivity contribution in [1.29, 1.82) is 0 Å². The summed E-state index contributed by atoms with van der Waals surface area (Å²) in [6.07, 6.45) is -0.0151. The van der Waals surface area contributed by atoms with Gasteiger partial charge in [-0.1, -0.05) is 54.1 Å². The van der Waals surface area contributed by atoms with E-state index in [1.807, 2.05) is 0 Å². The molecule has 2 heterocycles. The van der Waals surface area contributed by atoms with E-state index in [1.165, 1.54) is 44.4 Å². The highest BCUT2D eigenvalue weighted by Crippen LogP contribution is 2.42. The van der Waals surface area contributed by atoms with Gasteiger partial charge in [0.05, 0.1) is 11.4 Å². The molecule has 0 aliphatic carbocycles. The predicted octanol–water partition coefficient (Wildman–Crippen LogP) is 5.60. The van der Waals surface area contributed by atoms with Crippen LogP contribution in [0.5, 0.6) is 0 Å². The van der Waals surface area contributed by atoms with Gasteiger partial charge in [-0.25, -0.2) is 4.68 Å². The molecule has 0 spiro atoms. The van der Waals surface area contributed by atoms with Crippen molar-refractivity contribution in [3.05, 3.63) is 83.0 Å². The number of aromatic nitrogens is 2. The highest BCUT2D eigenvalue weighted by Gasteiger charge is 2.28. The molecule has 1 unspecified atom stereocenters. The van der Waals surface area contributed by atoms with Crippen molar-refractivity contribution >= 4 is 16.5 Å². The van der Waals surface area contributed by atoms with E-state index in [9.17, 15) is 0 Å². The molecule has 128 valence electrons. The maximum Gasteiger partial charge on any atom is 0.147 e. The Balaban J connectivity index is 1.79. The molecule has 0 amide bonds. The maximum atomic E-state index is 4.83. The van der Waals surface area contributed by atoms with Crippen LogP contribution < -0.4 is 5.32 Å². The van der Waals surface area contributed by atoms with Gasteiger partial charge < -0.3 is 5.32 Å². The van der Waals surface area contributed by atoms with E-state index < -0.39 is 0 Å². The fourth-order valence-corrected chi connectivity index (χ4v) is 4.17. The lowest BCUT2D eigenvalue weighted by atomic mass is 9.96. The van der Waals surface area contributed by atoms with E-state index >= 15 is 0 Å². The van der Waals surface area contributed by atoms with Gasteiger partial charge in [0.25, 0.3) is 0 Å². The summed E-state index contributed by atoms with van der Waals surface area (Å²) in [6.45, 7) is 6.39. The van der Waals surface area contributed by atoms with E-state index in [4.69, 9.17) is 5.10 Å². The molecule has 0 fully saturated rings. The number of aryl methyl sites for hydroxylation is 3. The number of benzene rings is 3. The normalized spacial score (nSPS) is 15.4. The third-order valence-corrected chi connectivity index (χ3v) is 5.26. The van der Waals surface area contributed by atoms with Crippen LogP contribution in [-0.2, 0) is 0 Å². The topological polar surface area (TPSA) is 29.9 Å². The average molecular weight is 339 g/mol. The Labute approximate surface area is 153 Å². The van der Waals surface area contributed by atoms with Crippen molar-refractivity contribution in [2.24, 2.45) is 0 Å². The summed E-state index contributed by atoms with van der Waals surface area (Å²) >= 11 is 0. The number of nitrogens with one attached hydrogen (secondary N) is 1. The Morgan fingerprint density at radius 3 is 2.62 bits per heavy atom. The van der Waals surface area contributed by atoms with E-state index in [1.54, 1.807) is 0 Å². The number of nitrogens with zero attached hydrogens (tertiary/aromatic N) is 2. The lowest BCUT2D eigenvalue weighted by Crippen LogP contribution is -2.26. The molecule has 26 heavy (non-hydrogen) atoms. The molecule has 0 saturated carbocycles. The molecule has 0 radical (unpaired) electrons. The zero-order chi connectivity index (χ0) is 17.8. The third kappa shape index (κ3) is 2.17. The van der Waals surface area contributed by atoms with Crippen molar-refractivity contribution in [3.63, 3.8) is 0 Å². The molecule has 3 nitrogen and oxygen atoms in total. The molecule has 1 aliphatic heterocycles. The van der Waals surface area contributed by atoms with Crippen LogP contribution in [0.2, 0.25) is 0 Å². The van der Waals surface area contributed by atoms with Gasteiger partial charge in [-0.2, -0.15) is 5.10 Å². The van der Waals surface area contributed by atoms with Gasteiger partial charge in [-0.15, -0.1) is 0 Å². The first kappa shape index (κ1) is 15.2.